The van der Waals surface area contributed by atoms with Crippen molar-refractivity contribution in [3.63, 3.8) is 0 Å². The normalized spacial score (nSPS) is 14.7. The summed E-state index contributed by atoms with van der Waals surface area (Å²) in [5, 5.41) is 3.05. The first kappa shape index (κ1) is 19.0. The molecular formula is C22H26N2O3. The van der Waals surface area contributed by atoms with Crippen LogP contribution in [0, 0.1) is 19.8 Å². The van der Waals surface area contributed by atoms with Crippen LogP contribution < -0.4 is 10.1 Å². The highest BCUT2D eigenvalue weighted by Crippen LogP contribution is 2.24. The maximum Gasteiger partial charge on any atom is 0.253 e. The molecule has 5 nitrogen and oxygen atoms in total. The third-order valence-corrected chi connectivity index (χ3v) is 5.35. The Morgan fingerprint density at radius 2 is 1.70 bits per heavy atom. The van der Waals surface area contributed by atoms with Crippen LogP contribution in [-0.2, 0) is 4.79 Å². The number of benzene rings is 2. The Morgan fingerprint density at radius 1 is 1.04 bits per heavy atom. The summed E-state index contributed by atoms with van der Waals surface area (Å²) < 4.78 is 5.13. The van der Waals surface area contributed by atoms with Crippen LogP contribution in [0.5, 0.6) is 5.75 Å². The van der Waals surface area contributed by atoms with Gasteiger partial charge in [0.15, 0.2) is 0 Å². The summed E-state index contributed by atoms with van der Waals surface area (Å²) in [6, 6.07) is 13.1. The van der Waals surface area contributed by atoms with Crippen LogP contribution in [0.4, 0.5) is 5.69 Å². The first-order valence-electron chi connectivity index (χ1n) is 9.30. The molecule has 0 spiro atoms. The standard InChI is InChI=1S/C22H26N2O3/c1-15-5-4-6-20(16(15)2)23-21(25)17-11-13-24(14-12-17)22(26)18-7-9-19(27-3)10-8-18/h4-10,17H,11-14H2,1-3H3,(H,23,25). The number of amides is 2. The molecule has 0 saturated carbocycles. The number of carbonyl (C=O) groups is 2. The molecule has 1 saturated heterocycles. The van der Waals surface area contributed by atoms with Crippen molar-refractivity contribution in [3.8, 4) is 5.75 Å². The summed E-state index contributed by atoms with van der Waals surface area (Å²) in [6.07, 6.45) is 1.36. The number of hydrogen-bond acceptors (Lipinski definition) is 3. The Balaban J connectivity index is 1.57. The number of nitrogens with one attached hydrogen (secondary N) is 1. The maximum absolute atomic E-state index is 12.6. The second kappa shape index (κ2) is 8.25. The molecule has 1 fully saturated rings. The van der Waals surface area contributed by atoms with E-state index in [2.05, 4.69) is 5.32 Å². The van der Waals surface area contributed by atoms with E-state index < -0.39 is 0 Å². The van der Waals surface area contributed by atoms with Gasteiger partial charge in [-0.05, 0) is 68.1 Å². The van der Waals surface area contributed by atoms with E-state index in [9.17, 15) is 9.59 Å². The molecule has 0 aliphatic carbocycles. The molecular weight excluding hydrogens is 340 g/mol. The molecule has 2 aromatic carbocycles. The van der Waals surface area contributed by atoms with Gasteiger partial charge in [-0.1, -0.05) is 12.1 Å². The third kappa shape index (κ3) is 4.30. The number of hydrogen-bond donors (Lipinski definition) is 1. The lowest BCUT2D eigenvalue weighted by atomic mass is 9.95. The molecule has 3 rings (SSSR count). The van der Waals surface area contributed by atoms with Crippen LogP contribution in [0.25, 0.3) is 0 Å². The second-order valence-corrected chi connectivity index (χ2v) is 7.03. The van der Waals surface area contributed by atoms with Crippen molar-refractivity contribution in [2.75, 3.05) is 25.5 Å². The van der Waals surface area contributed by atoms with E-state index in [1.54, 1.807) is 31.4 Å². The topological polar surface area (TPSA) is 58.6 Å². The molecule has 1 N–H and O–H groups in total. The Morgan fingerprint density at radius 3 is 2.33 bits per heavy atom. The van der Waals surface area contributed by atoms with E-state index in [0.29, 0.717) is 31.5 Å². The molecule has 5 heteroatoms. The molecule has 0 aromatic heterocycles. The minimum atomic E-state index is -0.0650. The Kier molecular flexibility index (Phi) is 5.79. The van der Waals surface area contributed by atoms with E-state index in [1.165, 1.54) is 0 Å². The summed E-state index contributed by atoms with van der Waals surface area (Å²) in [5.74, 6) is 0.712. The van der Waals surface area contributed by atoms with Gasteiger partial charge in [0.05, 0.1) is 7.11 Å². The van der Waals surface area contributed by atoms with Crippen LogP contribution in [0.15, 0.2) is 42.5 Å². The van der Waals surface area contributed by atoms with Crippen molar-refractivity contribution < 1.29 is 14.3 Å². The number of rotatable bonds is 4. The molecule has 0 unspecified atom stereocenters. The van der Waals surface area contributed by atoms with Gasteiger partial charge >= 0.3 is 0 Å². The van der Waals surface area contributed by atoms with E-state index in [0.717, 1.165) is 22.6 Å². The number of ether oxygens (including phenoxy) is 1. The van der Waals surface area contributed by atoms with Gasteiger partial charge in [0, 0.05) is 30.3 Å². The summed E-state index contributed by atoms with van der Waals surface area (Å²) in [7, 11) is 1.60. The summed E-state index contributed by atoms with van der Waals surface area (Å²) in [6.45, 7) is 5.24. The lowest BCUT2D eigenvalue weighted by Gasteiger charge is -2.31. The molecule has 1 aliphatic heterocycles. The summed E-state index contributed by atoms with van der Waals surface area (Å²) >= 11 is 0. The zero-order valence-electron chi connectivity index (χ0n) is 16.1. The molecule has 0 bridgehead atoms. The van der Waals surface area contributed by atoms with E-state index in [4.69, 9.17) is 4.74 Å². The Bertz CT molecular complexity index is 822. The second-order valence-electron chi connectivity index (χ2n) is 7.03. The molecule has 0 atom stereocenters. The van der Waals surface area contributed by atoms with E-state index in [1.807, 2.05) is 36.9 Å². The fourth-order valence-corrected chi connectivity index (χ4v) is 3.38. The number of carbonyl (C=O) groups excluding carboxylic acids is 2. The average Bonchev–Trinajstić information content (AvgIpc) is 2.71. The van der Waals surface area contributed by atoms with E-state index in [-0.39, 0.29) is 17.7 Å². The lowest BCUT2D eigenvalue weighted by molar-refractivity contribution is -0.121. The molecule has 0 radical (unpaired) electrons. The first-order chi connectivity index (χ1) is 13.0. The molecule has 2 aromatic rings. The molecule has 2 amide bonds. The molecule has 1 heterocycles. The van der Waals surface area contributed by atoms with E-state index >= 15 is 0 Å². The van der Waals surface area contributed by atoms with Gasteiger partial charge in [0.25, 0.3) is 5.91 Å². The van der Waals surface area contributed by atoms with Crippen molar-refractivity contribution in [2.45, 2.75) is 26.7 Å². The molecule has 1 aliphatic rings. The quantitative estimate of drug-likeness (QED) is 0.895. The predicted octanol–water partition coefficient (Wildman–Crippen LogP) is 3.80. The number of piperidine rings is 1. The van der Waals surface area contributed by atoms with Crippen molar-refractivity contribution in [1.29, 1.82) is 0 Å². The highest BCUT2D eigenvalue weighted by molar-refractivity contribution is 5.95. The van der Waals surface area contributed by atoms with Gasteiger partial charge in [-0.3, -0.25) is 9.59 Å². The highest BCUT2D eigenvalue weighted by Gasteiger charge is 2.28. The van der Waals surface area contributed by atoms with Crippen LogP contribution in [0.2, 0.25) is 0 Å². The van der Waals surface area contributed by atoms with Gasteiger partial charge in [-0.2, -0.15) is 0 Å². The van der Waals surface area contributed by atoms with Gasteiger partial charge in [0.2, 0.25) is 5.91 Å². The zero-order chi connectivity index (χ0) is 19.4. The fraction of sp³-hybridized carbons (Fsp3) is 0.364. The highest BCUT2D eigenvalue weighted by atomic mass is 16.5. The summed E-state index contributed by atoms with van der Waals surface area (Å²) in [4.78, 5) is 27.1. The van der Waals surface area contributed by atoms with Crippen LogP contribution in [0.1, 0.15) is 34.3 Å². The number of methoxy groups -OCH3 is 1. The number of nitrogens with zero attached hydrogens (tertiary/aromatic N) is 1. The lowest BCUT2D eigenvalue weighted by Crippen LogP contribution is -2.41. The van der Waals surface area contributed by atoms with Gasteiger partial charge < -0.3 is 15.0 Å². The van der Waals surface area contributed by atoms with Gasteiger partial charge in [0.1, 0.15) is 5.75 Å². The number of anilines is 1. The largest absolute Gasteiger partial charge is 0.497 e. The minimum absolute atomic E-state index is 0.00559. The van der Waals surface area contributed by atoms with Crippen molar-refractivity contribution in [2.24, 2.45) is 5.92 Å². The monoisotopic (exact) mass is 366 g/mol. The average molecular weight is 366 g/mol. The number of aryl methyl sites for hydroxylation is 1. The Hall–Kier alpha value is -2.82. The maximum atomic E-state index is 12.6. The van der Waals surface area contributed by atoms with Crippen LogP contribution in [0.3, 0.4) is 0 Å². The zero-order valence-corrected chi connectivity index (χ0v) is 16.1. The van der Waals surface area contributed by atoms with Crippen molar-refractivity contribution >= 4 is 17.5 Å². The van der Waals surface area contributed by atoms with Gasteiger partial charge in [-0.25, -0.2) is 0 Å². The number of likely N-dealkylation sites (tertiary alicyclic amines) is 1. The minimum Gasteiger partial charge on any atom is -0.497 e. The van der Waals surface area contributed by atoms with Gasteiger partial charge in [-0.15, -0.1) is 0 Å². The SMILES string of the molecule is COc1ccc(C(=O)N2CCC(C(=O)Nc3cccc(C)c3C)CC2)cc1. The van der Waals surface area contributed by atoms with Crippen LogP contribution in [-0.4, -0.2) is 36.9 Å². The van der Waals surface area contributed by atoms with Crippen molar-refractivity contribution in [1.82, 2.24) is 4.90 Å². The Labute approximate surface area is 160 Å². The molecule has 27 heavy (non-hydrogen) atoms. The predicted molar refractivity (Wildman–Crippen MR) is 106 cm³/mol. The molecule has 142 valence electrons. The fourth-order valence-electron chi connectivity index (χ4n) is 3.38. The van der Waals surface area contributed by atoms with Crippen LogP contribution >= 0.6 is 0 Å². The smallest absolute Gasteiger partial charge is 0.253 e. The first-order valence-corrected chi connectivity index (χ1v) is 9.30. The third-order valence-electron chi connectivity index (χ3n) is 5.35. The summed E-state index contributed by atoms with van der Waals surface area (Å²) in [5.41, 5.74) is 3.77. The van der Waals surface area contributed by atoms with Crippen molar-refractivity contribution in [3.05, 3.63) is 59.2 Å².